The summed E-state index contributed by atoms with van der Waals surface area (Å²) in [5.41, 5.74) is 2.19. The number of carbonyl (C=O) groups is 1. The number of amides is 1. The van der Waals surface area contributed by atoms with Gasteiger partial charge in [0.2, 0.25) is 0 Å². The Bertz CT molecular complexity index is 1350. The van der Waals surface area contributed by atoms with E-state index in [9.17, 15) is 21.6 Å². The van der Waals surface area contributed by atoms with E-state index in [-0.39, 0.29) is 15.4 Å². The van der Waals surface area contributed by atoms with Crippen LogP contribution in [0.25, 0.3) is 0 Å². The van der Waals surface area contributed by atoms with Gasteiger partial charge in [-0.3, -0.25) is 9.52 Å². The van der Waals surface area contributed by atoms with Crippen molar-refractivity contribution < 1.29 is 21.6 Å². The Morgan fingerprint density at radius 3 is 2.06 bits per heavy atom. The molecule has 0 aliphatic carbocycles. The zero-order valence-corrected chi connectivity index (χ0v) is 18.8. The molecule has 9 heteroatoms. The first-order valence-corrected chi connectivity index (χ1v) is 12.7. The molecule has 7 nitrogen and oxygen atoms in total. The number of sulfone groups is 1. The van der Waals surface area contributed by atoms with Gasteiger partial charge in [0.05, 0.1) is 15.5 Å². The van der Waals surface area contributed by atoms with Gasteiger partial charge in [-0.05, 0) is 61.4 Å². The highest BCUT2D eigenvalue weighted by Gasteiger charge is 2.17. The first-order chi connectivity index (χ1) is 14.5. The molecule has 0 aromatic heterocycles. The molecule has 0 spiro atoms. The highest BCUT2D eigenvalue weighted by molar-refractivity contribution is 7.92. The number of aryl methyl sites for hydroxylation is 2. The second-order valence-corrected chi connectivity index (χ2v) is 10.8. The maximum absolute atomic E-state index is 12.8. The van der Waals surface area contributed by atoms with Crippen molar-refractivity contribution in [1.82, 2.24) is 0 Å². The van der Waals surface area contributed by atoms with Gasteiger partial charge in [0.25, 0.3) is 15.9 Å². The maximum Gasteiger partial charge on any atom is 0.261 e. The molecular formula is C22H22N2O5S2. The predicted octanol–water partition coefficient (Wildman–Crippen LogP) is 3.76. The fourth-order valence-corrected chi connectivity index (χ4v) is 4.68. The second kappa shape index (κ2) is 8.52. The van der Waals surface area contributed by atoms with Crippen molar-refractivity contribution in [2.75, 3.05) is 16.3 Å². The summed E-state index contributed by atoms with van der Waals surface area (Å²) in [6, 6.07) is 17.1. The van der Waals surface area contributed by atoms with Gasteiger partial charge in [0, 0.05) is 17.5 Å². The molecule has 1 amide bonds. The third kappa shape index (κ3) is 5.31. The molecule has 0 atom stereocenters. The van der Waals surface area contributed by atoms with E-state index in [0.717, 1.165) is 6.26 Å². The first kappa shape index (κ1) is 22.5. The molecule has 3 aromatic rings. The average molecular weight is 459 g/mol. The van der Waals surface area contributed by atoms with E-state index in [1.165, 1.54) is 30.3 Å². The first-order valence-electron chi connectivity index (χ1n) is 9.28. The summed E-state index contributed by atoms with van der Waals surface area (Å²) in [5, 5.41) is 2.70. The summed E-state index contributed by atoms with van der Waals surface area (Å²) < 4.78 is 51.4. The van der Waals surface area contributed by atoms with Crippen LogP contribution >= 0.6 is 0 Å². The summed E-state index contributed by atoms with van der Waals surface area (Å²) in [4.78, 5) is 12.9. The van der Waals surface area contributed by atoms with E-state index < -0.39 is 25.8 Å². The van der Waals surface area contributed by atoms with Crippen molar-refractivity contribution in [3.63, 3.8) is 0 Å². The van der Waals surface area contributed by atoms with Gasteiger partial charge in [-0.2, -0.15) is 0 Å². The lowest BCUT2D eigenvalue weighted by molar-refractivity contribution is 0.102. The van der Waals surface area contributed by atoms with Crippen molar-refractivity contribution >= 4 is 37.1 Å². The number of sulfonamides is 1. The fraction of sp³-hybridized carbons (Fsp3) is 0.136. The van der Waals surface area contributed by atoms with E-state index in [1.54, 1.807) is 50.2 Å². The normalized spacial score (nSPS) is 11.7. The molecule has 0 bridgehead atoms. The SMILES string of the molecule is Cc1ccc(NC(=O)c2cc(S(C)(=O)=O)ccc2C)cc1NS(=O)(=O)c1ccccc1. The number of carbonyl (C=O) groups excluding carboxylic acids is 1. The van der Waals surface area contributed by atoms with Gasteiger partial charge in [0.15, 0.2) is 9.84 Å². The molecule has 0 heterocycles. The van der Waals surface area contributed by atoms with Crippen molar-refractivity contribution in [3.05, 3.63) is 83.4 Å². The smallest absolute Gasteiger partial charge is 0.261 e. The number of hydrogen-bond donors (Lipinski definition) is 2. The van der Waals surface area contributed by atoms with Crippen LogP contribution < -0.4 is 10.0 Å². The van der Waals surface area contributed by atoms with Gasteiger partial charge in [-0.25, -0.2) is 16.8 Å². The minimum absolute atomic E-state index is 0.0449. The summed E-state index contributed by atoms with van der Waals surface area (Å²) in [5.74, 6) is -0.497. The van der Waals surface area contributed by atoms with Crippen LogP contribution in [0.4, 0.5) is 11.4 Å². The largest absolute Gasteiger partial charge is 0.322 e. The van der Waals surface area contributed by atoms with Crippen LogP contribution in [0.3, 0.4) is 0 Å². The molecule has 0 saturated carbocycles. The monoisotopic (exact) mass is 458 g/mol. The van der Waals surface area contributed by atoms with Crippen LogP contribution in [0.15, 0.2) is 76.5 Å². The van der Waals surface area contributed by atoms with Crippen LogP contribution in [0.2, 0.25) is 0 Å². The Labute approximate surface area is 182 Å². The van der Waals surface area contributed by atoms with E-state index in [4.69, 9.17) is 0 Å². The van der Waals surface area contributed by atoms with Crippen LogP contribution in [-0.2, 0) is 19.9 Å². The summed E-state index contributed by atoms with van der Waals surface area (Å²) in [7, 11) is -7.26. The lowest BCUT2D eigenvalue weighted by atomic mass is 10.1. The molecule has 3 rings (SSSR count). The van der Waals surface area contributed by atoms with Gasteiger partial charge in [0.1, 0.15) is 0 Å². The molecule has 0 radical (unpaired) electrons. The predicted molar refractivity (Wildman–Crippen MR) is 121 cm³/mol. The van der Waals surface area contributed by atoms with Crippen molar-refractivity contribution in [3.8, 4) is 0 Å². The summed E-state index contributed by atoms with van der Waals surface area (Å²) >= 11 is 0. The molecule has 0 aliphatic heterocycles. The third-order valence-electron chi connectivity index (χ3n) is 4.68. The van der Waals surface area contributed by atoms with Crippen LogP contribution in [0.5, 0.6) is 0 Å². The Balaban J connectivity index is 1.88. The number of rotatable bonds is 6. The van der Waals surface area contributed by atoms with Crippen molar-refractivity contribution in [1.29, 1.82) is 0 Å². The van der Waals surface area contributed by atoms with E-state index in [0.29, 0.717) is 22.5 Å². The van der Waals surface area contributed by atoms with E-state index in [1.807, 2.05) is 0 Å². The topological polar surface area (TPSA) is 109 Å². The Morgan fingerprint density at radius 2 is 1.42 bits per heavy atom. The van der Waals surface area contributed by atoms with Gasteiger partial charge in [-0.15, -0.1) is 0 Å². The molecule has 3 aromatic carbocycles. The lowest BCUT2D eigenvalue weighted by Gasteiger charge is -2.14. The zero-order valence-electron chi connectivity index (χ0n) is 17.2. The third-order valence-corrected chi connectivity index (χ3v) is 7.17. The highest BCUT2D eigenvalue weighted by atomic mass is 32.2. The average Bonchev–Trinajstić information content (AvgIpc) is 2.70. The molecule has 31 heavy (non-hydrogen) atoms. The maximum atomic E-state index is 12.8. The van der Waals surface area contributed by atoms with Crippen LogP contribution in [-0.4, -0.2) is 29.0 Å². The second-order valence-electron chi connectivity index (χ2n) is 7.15. The van der Waals surface area contributed by atoms with Crippen LogP contribution in [0, 0.1) is 13.8 Å². The molecule has 162 valence electrons. The summed E-state index contributed by atoms with van der Waals surface area (Å²) in [6.07, 6.45) is 1.07. The minimum atomic E-state index is -3.79. The molecule has 0 saturated heterocycles. The minimum Gasteiger partial charge on any atom is -0.322 e. The van der Waals surface area contributed by atoms with E-state index >= 15 is 0 Å². The molecule has 0 fully saturated rings. The standard InChI is InChI=1S/C22H22N2O5S2/c1-15-10-12-19(30(3,26)27)14-20(15)22(25)23-17-11-9-16(2)21(13-17)24-31(28,29)18-7-5-4-6-8-18/h4-14,24H,1-3H3,(H,23,25). The van der Waals surface area contributed by atoms with Gasteiger partial charge >= 0.3 is 0 Å². The highest BCUT2D eigenvalue weighted by Crippen LogP contribution is 2.25. The summed E-state index contributed by atoms with van der Waals surface area (Å²) in [6.45, 7) is 3.45. The number of benzene rings is 3. The van der Waals surface area contributed by atoms with E-state index in [2.05, 4.69) is 10.0 Å². The quantitative estimate of drug-likeness (QED) is 0.585. The Kier molecular flexibility index (Phi) is 6.19. The molecule has 0 unspecified atom stereocenters. The molecule has 2 N–H and O–H groups in total. The Morgan fingerprint density at radius 1 is 0.774 bits per heavy atom. The molecular weight excluding hydrogens is 436 g/mol. The number of hydrogen-bond acceptors (Lipinski definition) is 5. The fourth-order valence-electron chi connectivity index (χ4n) is 2.89. The van der Waals surface area contributed by atoms with Crippen molar-refractivity contribution in [2.24, 2.45) is 0 Å². The number of nitrogens with one attached hydrogen (secondary N) is 2. The Hall–Kier alpha value is -3.17. The number of anilines is 2. The van der Waals surface area contributed by atoms with Crippen molar-refractivity contribution in [2.45, 2.75) is 23.6 Å². The zero-order chi connectivity index (χ0) is 22.8. The van der Waals surface area contributed by atoms with Crippen LogP contribution in [0.1, 0.15) is 21.5 Å². The lowest BCUT2D eigenvalue weighted by Crippen LogP contribution is -2.16. The van der Waals surface area contributed by atoms with Gasteiger partial charge in [-0.1, -0.05) is 30.3 Å². The molecule has 0 aliphatic rings. The van der Waals surface area contributed by atoms with Gasteiger partial charge < -0.3 is 5.32 Å².